The molecule has 0 bridgehead atoms. The largest absolute Gasteiger partial charge is 0.497 e. The van der Waals surface area contributed by atoms with Gasteiger partial charge in [0, 0.05) is 15.5 Å². The molecule has 0 spiro atoms. The highest BCUT2D eigenvalue weighted by Crippen LogP contribution is 2.59. The summed E-state index contributed by atoms with van der Waals surface area (Å²) in [6.07, 6.45) is 2.31. The van der Waals surface area contributed by atoms with E-state index in [0.717, 1.165) is 22.4 Å². The smallest absolute Gasteiger partial charge is 0.244 e. The molecule has 1 unspecified atom stereocenters. The van der Waals surface area contributed by atoms with Crippen LogP contribution in [0.15, 0.2) is 77.9 Å². The summed E-state index contributed by atoms with van der Waals surface area (Å²) in [6, 6.07) is 22.7. The first-order valence-electron chi connectivity index (χ1n) is 9.52. The molecule has 1 aliphatic carbocycles. The minimum atomic E-state index is -0.408. The molecule has 30 heavy (non-hydrogen) atoms. The molecule has 152 valence electrons. The summed E-state index contributed by atoms with van der Waals surface area (Å²) in [7, 11) is 1.62. The number of hydrogen-bond donors (Lipinski definition) is 1. The topological polar surface area (TPSA) is 50.7 Å². The van der Waals surface area contributed by atoms with Gasteiger partial charge in [0.2, 0.25) is 5.91 Å². The first kappa shape index (κ1) is 20.5. The van der Waals surface area contributed by atoms with E-state index in [1.165, 1.54) is 0 Å². The highest BCUT2D eigenvalue weighted by atomic mass is 35.5. The lowest BCUT2D eigenvalue weighted by molar-refractivity contribution is -0.122. The number of hydrazone groups is 1. The van der Waals surface area contributed by atoms with Gasteiger partial charge in [-0.1, -0.05) is 47.5 Å². The maximum atomic E-state index is 12.9. The van der Waals surface area contributed by atoms with E-state index < -0.39 is 5.41 Å². The second-order valence-electron chi connectivity index (χ2n) is 7.25. The third kappa shape index (κ3) is 4.07. The molecule has 0 heterocycles. The van der Waals surface area contributed by atoms with Gasteiger partial charge >= 0.3 is 0 Å². The molecule has 1 fully saturated rings. The minimum absolute atomic E-state index is 0.121. The number of carbonyl (C=O) groups excluding carboxylic acids is 1. The third-order valence-electron chi connectivity index (χ3n) is 5.50. The molecule has 1 atom stereocenters. The fourth-order valence-corrected chi connectivity index (χ4v) is 4.07. The fraction of sp³-hybridized carbons (Fsp3) is 0.167. The van der Waals surface area contributed by atoms with Crippen LogP contribution in [0.4, 0.5) is 0 Å². The normalized spacial score (nSPS) is 17.0. The van der Waals surface area contributed by atoms with E-state index >= 15 is 0 Å². The summed E-state index contributed by atoms with van der Waals surface area (Å²) in [4.78, 5) is 12.9. The lowest BCUT2D eigenvalue weighted by Crippen LogP contribution is -2.25. The van der Waals surface area contributed by atoms with Crippen LogP contribution in [0.3, 0.4) is 0 Å². The van der Waals surface area contributed by atoms with Crippen molar-refractivity contribution in [3.63, 3.8) is 0 Å². The number of methoxy groups -OCH3 is 1. The summed E-state index contributed by atoms with van der Waals surface area (Å²) < 4.78 is 5.14. The fourth-order valence-electron chi connectivity index (χ4n) is 3.82. The van der Waals surface area contributed by atoms with E-state index in [-0.39, 0.29) is 11.8 Å². The summed E-state index contributed by atoms with van der Waals surface area (Å²) in [5.74, 6) is 0.419. The predicted octanol–water partition coefficient (Wildman–Crippen LogP) is 5.46. The van der Waals surface area contributed by atoms with Crippen molar-refractivity contribution < 1.29 is 9.53 Å². The molecule has 4 nitrogen and oxygen atoms in total. The van der Waals surface area contributed by atoms with Gasteiger partial charge in [-0.15, -0.1) is 0 Å². The van der Waals surface area contributed by atoms with Crippen molar-refractivity contribution in [1.82, 2.24) is 5.43 Å². The Morgan fingerprint density at radius 2 is 1.50 bits per heavy atom. The van der Waals surface area contributed by atoms with Gasteiger partial charge < -0.3 is 4.74 Å². The van der Waals surface area contributed by atoms with Crippen molar-refractivity contribution >= 4 is 35.3 Å². The first-order valence-corrected chi connectivity index (χ1v) is 10.3. The van der Waals surface area contributed by atoms with Gasteiger partial charge in [0.05, 0.1) is 19.2 Å². The van der Waals surface area contributed by atoms with Crippen LogP contribution in [0, 0.1) is 5.92 Å². The number of amides is 1. The molecule has 6 heteroatoms. The monoisotopic (exact) mass is 438 g/mol. The number of benzene rings is 3. The van der Waals surface area contributed by atoms with E-state index in [0.29, 0.717) is 16.5 Å². The van der Waals surface area contributed by atoms with Crippen LogP contribution in [-0.2, 0) is 10.2 Å². The molecule has 1 amide bonds. The molecule has 3 aromatic rings. The molecule has 0 aromatic heterocycles. The molecule has 1 saturated carbocycles. The Hall–Kier alpha value is -2.82. The van der Waals surface area contributed by atoms with Crippen LogP contribution in [0.1, 0.15) is 23.1 Å². The second kappa shape index (κ2) is 8.50. The summed E-state index contributed by atoms with van der Waals surface area (Å²) >= 11 is 12.1. The number of carbonyl (C=O) groups is 1. The molecular weight excluding hydrogens is 419 g/mol. The zero-order valence-corrected chi connectivity index (χ0v) is 17.8. The minimum Gasteiger partial charge on any atom is -0.497 e. The zero-order chi connectivity index (χ0) is 21.1. The second-order valence-corrected chi connectivity index (χ2v) is 8.12. The van der Waals surface area contributed by atoms with Gasteiger partial charge in [0.25, 0.3) is 0 Å². The van der Waals surface area contributed by atoms with Gasteiger partial charge in [0.15, 0.2) is 0 Å². The Morgan fingerprint density at radius 3 is 2.00 bits per heavy atom. The van der Waals surface area contributed by atoms with E-state index in [4.69, 9.17) is 27.9 Å². The van der Waals surface area contributed by atoms with Crippen LogP contribution < -0.4 is 10.2 Å². The quantitative estimate of drug-likeness (QED) is 0.410. The van der Waals surface area contributed by atoms with E-state index in [2.05, 4.69) is 10.5 Å². The standard InChI is InChI=1S/C24H20Cl2N2O2/c1-30-21-12-2-16(3-13-21)15-27-28-23(29)22-14-24(22,17-4-8-19(25)9-5-17)18-6-10-20(26)11-7-18/h2-13,15,22H,14H2,1H3,(H,28,29). The van der Waals surface area contributed by atoms with Gasteiger partial charge in [-0.2, -0.15) is 5.10 Å². The summed E-state index contributed by atoms with van der Waals surface area (Å²) in [5, 5.41) is 5.46. The van der Waals surface area contributed by atoms with Gasteiger partial charge in [-0.3, -0.25) is 4.79 Å². The highest BCUT2D eigenvalue weighted by Gasteiger charge is 2.60. The van der Waals surface area contributed by atoms with Crippen LogP contribution in [0.5, 0.6) is 5.75 Å². The SMILES string of the molecule is COc1ccc(C=NNC(=O)C2CC2(c2ccc(Cl)cc2)c2ccc(Cl)cc2)cc1. The number of hydrogen-bond acceptors (Lipinski definition) is 3. The Kier molecular flexibility index (Phi) is 5.80. The van der Waals surface area contributed by atoms with Crippen LogP contribution in [-0.4, -0.2) is 19.2 Å². The van der Waals surface area contributed by atoms with Crippen LogP contribution in [0.25, 0.3) is 0 Å². The van der Waals surface area contributed by atoms with Crippen molar-refractivity contribution in [2.45, 2.75) is 11.8 Å². The van der Waals surface area contributed by atoms with Gasteiger partial charge in [-0.25, -0.2) is 5.43 Å². The first-order chi connectivity index (χ1) is 14.5. The van der Waals surface area contributed by atoms with Crippen molar-refractivity contribution in [3.8, 4) is 5.75 Å². The molecule has 4 rings (SSSR count). The molecular formula is C24H20Cl2N2O2. The lowest BCUT2D eigenvalue weighted by Gasteiger charge is -2.19. The number of nitrogens with one attached hydrogen (secondary N) is 1. The van der Waals surface area contributed by atoms with Crippen LogP contribution in [0.2, 0.25) is 10.0 Å². The van der Waals surface area contributed by atoms with Gasteiger partial charge in [0.1, 0.15) is 5.75 Å². The summed E-state index contributed by atoms with van der Waals surface area (Å²) in [5.41, 5.74) is 5.25. The molecule has 0 saturated heterocycles. The zero-order valence-electron chi connectivity index (χ0n) is 16.3. The van der Waals surface area contributed by atoms with Crippen LogP contribution >= 0.6 is 23.2 Å². The van der Waals surface area contributed by atoms with Gasteiger partial charge in [-0.05, 0) is 71.6 Å². The van der Waals surface area contributed by atoms with Crippen molar-refractivity contribution in [2.75, 3.05) is 7.11 Å². The Morgan fingerprint density at radius 1 is 0.967 bits per heavy atom. The van der Waals surface area contributed by atoms with Crippen molar-refractivity contribution in [2.24, 2.45) is 11.0 Å². The molecule has 0 radical (unpaired) electrons. The van der Waals surface area contributed by atoms with E-state index in [1.54, 1.807) is 13.3 Å². The molecule has 3 aromatic carbocycles. The maximum absolute atomic E-state index is 12.9. The number of nitrogens with zero attached hydrogens (tertiary/aromatic N) is 1. The van der Waals surface area contributed by atoms with E-state index in [1.807, 2.05) is 72.8 Å². The Bertz CT molecular complexity index is 1020. The van der Waals surface area contributed by atoms with Crippen molar-refractivity contribution in [1.29, 1.82) is 0 Å². The van der Waals surface area contributed by atoms with E-state index in [9.17, 15) is 4.79 Å². The highest BCUT2D eigenvalue weighted by molar-refractivity contribution is 6.30. The maximum Gasteiger partial charge on any atom is 0.244 e. The number of ether oxygens (including phenoxy) is 1. The predicted molar refractivity (Wildman–Crippen MR) is 121 cm³/mol. The molecule has 1 N–H and O–H groups in total. The Labute approximate surface area is 185 Å². The lowest BCUT2D eigenvalue weighted by atomic mass is 9.85. The summed E-state index contributed by atoms with van der Waals surface area (Å²) in [6.45, 7) is 0. The average Bonchev–Trinajstić information content (AvgIpc) is 3.52. The third-order valence-corrected chi connectivity index (χ3v) is 6.00. The molecule has 1 aliphatic rings. The average molecular weight is 439 g/mol. The number of halogens is 2. The number of rotatable bonds is 6. The molecule has 0 aliphatic heterocycles. The Balaban J connectivity index is 1.53. The van der Waals surface area contributed by atoms with Crippen molar-refractivity contribution in [3.05, 3.63) is 99.5 Å².